The van der Waals surface area contributed by atoms with E-state index in [-0.39, 0.29) is 5.60 Å². The van der Waals surface area contributed by atoms with Crippen LogP contribution >= 0.6 is 0 Å². The molecule has 2 N–H and O–H groups in total. The van der Waals surface area contributed by atoms with Gasteiger partial charge in [0.05, 0.1) is 12.2 Å². The third-order valence-electron chi connectivity index (χ3n) is 4.80. The lowest BCUT2D eigenvalue weighted by Crippen LogP contribution is -2.54. The number of rotatable bonds is 2. The number of hydrogen-bond donors (Lipinski definition) is 1. The van der Waals surface area contributed by atoms with Crippen molar-refractivity contribution in [1.29, 1.82) is 0 Å². The summed E-state index contributed by atoms with van der Waals surface area (Å²) in [4.78, 5) is 2.55. The van der Waals surface area contributed by atoms with E-state index in [1.54, 1.807) is 0 Å². The van der Waals surface area contributed by atoms with Gasteiger partial charge >= 0.3 is 0 Å². The summed E-state index contributed by atoms with van der Waals surface area (Å²) in [7, 11) is 0. The van der Waals surface area contributed by atoms with Crippen molar-refractivity contribution in [2.45, 2.75) is 58.6 Å². The van der Waals surface area contributed by atoms with Crippen LogP contribution in [0.3, 0.4) is 0 Å². The molecule has 0 aromatic carbocycles. The molecule has 1 saturated heterocycles. The average Bonchev–Trinajstić information content (AvgIpc) is 2.23. The smallest absolute Gasteiger partial charge is 0.0753 e. The Hall–Kier alpha value is -0.120. The van der Waals surface area contributed by atoms with Crippen LogP contribution in [0.2, 0.25) is 0 Å². The van der Waals surface area contributed by atoms with Crippen LogP contribution in [0.15, 0.2) is 0 Å². The van der Waals surface area contributed by atoms with Gasteiger partial charge < -0.3 is 10.5 Å². The van der Waals surface area contributed by atoms with E-state index in [2.05, 4.69) is 32.6 Å². The molecule has 0 radical (unpaired) electrons. The molecule has 1 aliphatic carbocycles. The lowest BCUT2D eigenvalue weighted by Gasteiger charge is -2.45. The van der Waals surface area contributed by atoms with Gasteiger partial charge in [-0.3, -0.25) is 4.90 Å². The molecular formula is C15H30N2O. The lowest BCUT2D eigenvalue weighted by molar-refractivity contribution is -0.0919. The highest BCUT2D eigenvalue weighted by Crippen LogP contribution is 2.38. The molecule has 0 aromatic rings. The number of hydrogen-bond acceptors (Lipinski definition) is 3. The lowest BCUT2D eigenvalue weighted by atomic mass is 9.68. The SMILES string of the molecule is CC1(C)CN(CC2CCCC(C)(C)C2N)CCO1. The predicted octanol–water partition coefficient (Wildman–Crippen LogP) is 2.25. The minimum absolute atomic E-state index is 0.00648. The van der Waals surface area contributed by atoms with Gasteiger partial charge in [-0.15, -0.1) is 0 Å². The van der Waals surface area contributed by atoms with Gasteiger partial charge in [0.15, 0.2) is 0 Å². The van der Waals surface area contributed by atoms with Crippen molar-refractivity contribution in [3.63, 3.8) is 0 Å². The van der Waals surface area contributed by atoms with Crippen molar-refractivity contribution in [3.8, 4) is 0 Å². The first kappa shape index (κ1) is 14.3. The highest BCUT2D eigenvalue weighted by atomic mass is 16.5. The molecule has 3 heteroatoms. The molecule has 1 saturated carbocycles. The third-order valence-corrected chi connectivity index (χ3v) is 4.80. The van der Waals surface area contributed by atoms with Crippen LogP contribution in [0.25, 0.3) is 0 Å². The van der Waals surface area contributed by atoms with Gasteiger partial charge in [-0.1, -0.05) is 20.3 Å². The zero-order valence-electron chi connectivity index (χ0n) is 12.5. The van der Waals surface area contributed by atoms with Crippen molar-refractivity contribution >= 4 is 0 Å². The monoisotopic (exact) mass is 254 g/mol. The first-order valence-electron chi connectivity index (χ1n) is 7.42. The van der Waals surface area contributed by atoms with Gasteiger partial charge in [-0.2, -0.15) is 0 Å². The number of morpholine rings is 1. The molecule has 18 heavy (non-hydrogen) atoms. The van der Waals surface area contributed by atoms with Gasteiger partial charge in [-0.05, 0) is 38.0 Å². The molecule has 106 valence electrons. The quantitative estimate of drug-likeness (QED) is 0.821. The molecule has 0 bridgehead atoms. The normalized spacial score (nSPS) is 36.5. The second-order valence-electron chi connectivity index (χ2n) is 7.51. The molecule has 0 aromatic heterocycles. The summed E-state index contributed by atoms with van der Waals surface area (Å²) < 4.78 is 5.78. The van der Waals surface area contributed by atoms with E-state index in [9.17, 15) is 0 Å². The van der Waals surface area contributed by atoms with Gasteiger partial charge in [-0.25, -0.2) is 0 Å². The minimum atomic E-state index is 0.00648. The van der Waals surface area contributed by atoms with Crippen LogP contribution in [-0.2, 0) is 4.74 Å². The van der Waals surface area contributed by atoms with E-state index in [1.165, 1.54) is 19.3 Å². The predicted molar refractivity (Wildman–Crippen MR) is 75.6 cm³/mol. The molecule has 0 amide bonds. The Bertz CT molecular complexity index is 288. The number of nitrogens with zero attached hydrogens (tertiary/aromatic N) is 1. The Morgan fingerprint density at radius 1 is 1.28 bits per heavy atom. The first-order chi connectivity index (χ1) is 8.30. The summed E-state index contributed by atoms with van der Waals surface area (Å²) in [5.41, 5.74) is 6.80. The summed E-state index contributed by atoms with van der Waals surface area (Å²) in [6.45, 7) is 13.1. The molecule has 2 atom stereocenters. The van der Waals surface area contributed by atoms with Gasteiger partial charge in [0.2, 0.25) is 0 Å². The fourth-order valence-electron chi connectivity index (χ4n) is 3.61. The van der Waals surface area contributed by atoms with Crippen LogP contribution in [0, 0.1) is 11.3 Å². The molecule has 2 fully saturated rings. The van der Waals surface area contributed by atoms with Gasteiger partial charge in [0.1, 0.15) is 0 Å². The van der Waals surface area contributed by atoms with Crippen molar-refractivity contribution in [3.05, 3.63) is 0 Å². The number of nitrogens with two attached hydrogens (primary N) is 1. The summed E-state index contributed by atoms with van der Waals surface area (Å²) in [6.07, 6.45) is 3.90. The highest BCUT2D eigenvalue weighted by Gasteiger charge is 2.38. The highest BCUT2D eigenvalue weighted by molar-refractivity contribution is 4.93. The van der Waals surface area contributed by atoms with Crippen LogP contribution in [0.1, 0.15) is 47.0 Å². The molecule has 1 aliphatic heterocycles. The van der Waals surface area contributed by atoms with E-state index >= 15 is 0 Å². The Morgan fingerprint density at radius 2 is 2.00 bits per heavy atom. The van der Waals surface area contributed by atoms with Crippen molar-refractivity contribution in [2.24, 2.45) is 17.1 Å². The summed E-state index contributed by atoms with van der Waals surface area (Å²) in [5, 5.41) is 0. The standard InChI is InChI=1S/C15H30N2O/c1-14(2)7-5-6-12(13(14)16)10-17-8-9-18-15(3,4)11-17/h12-13H,5-11,16H2,1-4H3. The maximum Gasteiger partial charge on any atom is 0.0753 e. The fourth-order valence-corrected chi connectivity index (χ4v) is 3.61. The number of ether oxygens (including phenoxy) is 1. The first-order valence-corrected chi connectivity index (χ1v) is 7.42. The Labute approximate surface area is 112 Å². The van der Waals surface area contributed by atoms with Crippen LogP contribution in [0.5, 0.6) is 0 Å². The van der Waals surface area contributed by atoms with Crippen LogP contribution in [0.4, 0.5) is 0 Å². The molecule has 2 aliphatic rings. The Balaban J connectivity index is 1.92. The summed E-state index contributed by atoms with van der Waals surface area (Å²) in [5.74, 6) is 0.655. The molecule has 2 rings (SSSR count). The molecular weight excluding hydrogens is 224 g/mol. The van der Waals surface area contributed by atoms with Gasteiger partial charge in [0.25, 0.3) is 0 Å². The minimum Gasteiger partial charge on any atom is -0.373 e. The summed E-state index contributed by atoms with van der Waals surface area (Å²) in [6, 6.07) is 0.345. The third kappa shape index (κ3) is 3.25. The van der Waals surface area contributed by atoms with Crippen LogP contribution < -0.4 is 5.73 Å². The zero-order chi connectivity index (χ0) is 13.4. The van der Waals surface area contributed by atoms with E-state index in [1.807, 2.05) is 0 Å². The molecule has 2 unspecified atom stereocenters. The van der Waals surface area contributed by atoms with Crippen molar-refractivity contribution in [2.75, 3.05) is 26.2 Å². The van der Waals surface area contributed by atoms with Crippen LogP contribution in [-0.4, -0.2) is 42.8 Å². The van der Waals surface area contributed by atoms with E-state index < -0.39 is 0 Å². The van der Waals surface area contributed by atoms with Crippen molar-refractivity contribution < 1.29 is 4.74 Å². The van der Waals surface area contributed by atoms with Gasteiger partial charge in [0, 0.05) is 25.7 Å². The fraction of sp³-hybridized carbons (Fsp3) is 1.00. The molecule has 0 spiro atoms. The Kier molecular flexibility index (Phi) is 4.05. The average molecular weight is 254 g/mol. The van der Waals surface area contributed by atoms with E-state index in [0.29, 0.717) is 17.4 Å². The van der Waals surface area contributed by atoms with E-state index in [0.717, 1.165) is 26.2 Å². The Morgan fingerprint density at radius 3 is 2.67 bits per heavy atom. The maximum atomic E-state index is 6.48. The molecule has 3 nitrogen and oxygen atoms in total. The second kappa shape index (κ2) is 5.10. The molecule has 1 heterocycles. The maximum absolute atomic E-state index is 6.48. The van der Waals surface area contributed by atoms with Crippen molar-refractivity contribution in [1.82, 2.24) is 4.90 Å². The summed E-state index contributed by atoms with van der Waals surface area (Å²) >= 11 is 0. The second-order valence-corrected chi connectivity index (χ2v) is 7.51. The van der Waals surface area contributed by atoms with E-state index in [4.69, 9.17) is 10.5 Å². The topological polar surface area (TPSA) is 38.5 Å². The zero-order valence-corrected chi connectivity index (χ0v) is 12.5. The largest absolute Gasteiger partial charge is 0.373 e.